The van der Waals surface area contributed by atoms with Crippen molar-refractivity contribution >= 4 is 51.4 Å². The second-order valence-corrected chi connectivity index (χ2v) is 9.61. The van der Waals surface area contributed by atoms with Crippen LogP contribution in [0.3, 0.4) is 0 Å². The number of aromatic hydroxyl groups is 1. The number of fused-ring (bicyclic) bond motifs is 1. The van der Waals surface area contributed by atoms with Gasteiger partial charge in [-0.3, -0.25) is 9.78 Å². The molecule has 1 heterocycles. The second kappa shape index (κ2) is 13.6. The summed E-state index contributed by atoms with van der Waals surface area (Å²) in [5.41, 5.74) is 14.1. The van der Waals surface area contributed by atoms with Crippen LogP contribution in [-0.4, -0.2) is 22.5 Å². The zero-order valence-electron chi connectivity index (χ0n) is 22.1. The largest absolute Gasteiger partial charge is 0.508 e. The summed E-state index contributed by atoms with van der Waals surface area (Å²) >= 11 is 11.6. The van der Waals surface area contributed by atoms with Gasteiger partial charge in [-0.2, -0.15) is 0 Å². The minimum absolute atomic E-state index is 0.134. The molecule has 5 aromatic rings. The molecule has 0 unspecified atom stereocenters. The topological polar surface area (TPSA) is 133 Å². The lowest BCUT2D eigenvalue weighted by Gasteiger charge is -2.15. The number of nitrogens with two attached hydrogens (primary N) is 2. The average Bonchev–Trinajstić information content (AvgIpc) is 2.97. The standard InChI is InChI=1S/C25H22ClN3O3.C6H6ClNO/c1-2-28-25(30)19-13-18-22(14-24(19)31-15-16-6-4-3-5-7-16)29-11-10-23(18)32-17-8-9-21(27)20(26)12-17;7-5-3-4(9)1-2-6(5)8/h3-14H,2,15,27H2,1H3,(H,28,30);1-3,9H,8H2. The number of carbonyl (C=O) groups excluding carboxylic acids is 1. The zero-order chi connectivity index (χ0) is 29.4. The van der Waals surface area contributed by atoms with Gasteiger partial charge < -0.3 is 31.4 Å². The highest BCUT2D eigenvalue weighted by molar-refractivity contribution is 6.33. The third-order valence-electron chi connectivity index (χ3n) is 5.81. The van der Waals surface area contributed by atoms with Crippen LogP contribution in [0.5, 0.6) is 23.0 Å². The number of pyridine rings is 1. The van der Waals surface area contributed by atoms with E-state index in [2.05, 4.69) is 10.3 Å². The SMILES string of the molecule is CCNC(=O)c1cc2c(Oc3ccc(N)c(Cl)c3)ccnc2cc1OCc1ccccc1.Nc1ccc(O)cc1Cl. The number of phenolic OH excluding ortho intramolecular Hbond substituents is 1. The quantitative estimate of drug-likeness (QED) is 0.116. The van der Waals surface area contributed by atoms with E-state index < -0.39 is 0 Å². The monoisotopic (exact) mass is 590 g/mol. The van der Waals surface area contributed by atoms with Crippen LogP contribution in [0.1, 0.15) is 22.8 Å². The number of nitrogens with zero attached hydrogens (tertiary/aromatic N) is 1. The molecule has 0 radical (unpaired) electrons. The number of nitrogen functional groups attached to an aromatic ring is 2. The van der Waals surface area contributed by atoms with Crippen LogP contribution in [-0.2, 0) is 6.61 Å². The average molecular weight is 591 g/mol. The minimum atomic E-state index is -0.234. The third-order valence-corrected chi connectivity index (χ3v) is 6.46. The molecule has 6 N–H and O–H groups in total. The molecule has 1 aromatic heterocycles. The van der Waals surface area contributed by atoms with Crippen LogP contribution in [0.25, 0.3) is 10.9 Å². The first-order chi connectivity index (χ1) is 19.7. The van der Waals surface area contributed by atoms with Crippen LogP contribution in [0.15, 0.2) is 91.1 Å². The molecule has 0 saturated carbocycles. The number of phenols is 1. The summed E-state index contributed by atoms with van der Waals surface area (Å²) in [4.78, 5) is 17.2. The molecule has 0 fully saturated rings. The number of benzene rings is 4. The first-order valence-corrected chi connectivity index (χ1v) is 13.3. The molecule has 0 aliphatic heterocycles. The van der Waals surface area contributed by atoms with Crippen molar-refractivity contribution in [3.8, 4) is 23.0 Å². The predicted octanol–water partition coefficient (Wildman–Crippen LogP) is 7.22. The molecule has 0 aliphatic carbocycles. The Hall–Kier alpha value is -4.66. The van der Waals surface area contributed by atoms with Gasteiger partial charge in [0.1, 0.15) is 29.6 Å². The van der Waals surface area contributed by atoms with Crippen molar-refractivity contribution in [2.45, 2.75) is 13.5 Å². The molecule has 41 heavy (non-hydrogen) atoms. The maximum atomic E-state index is 12.8. The Morgan fingerprint density at radius 2 is 1.61 bits per heavy atom. The number of hydrogen-bond acceptors (Lipinski definition) is 7. The highest BCUT2D eigenvalue weighted by Crippen LogP contribution is 2.35. The van der Waals surface area contributed by atoms with Gasteiger partial charge in [0.05, 0.1) is 32.5 Å². The Balaban J connectivity index is 0.000000367. The lowest BCUT2D eigenvalue weighted by molar-refractivity contribution is 0.0951. The van der Waals surface area contributed by atoms with E-state index in [-0.39, 0.29) is 11.7 Å². The van der Waals surface area contributed by atoms with Crippen molar-refractivity contribution < 1.29 is 19.4 Å². The summed E-state index contributed by atoms with van der Waals surface area (Å²) in [6.45, 7) is 2.69. The predicted molar refractivity (Wildman–Crippen MR) is 164 cm³/mol. The van der Waals surface area contributed by atoms with E-state index in [0.717, 1.165) is 5.56 Å². The molecule has 0 aliphatic rings. The van der Waals surface area contributed by atoms with E-state index in [1.165, 1.54) is 12.1 Å². The van der Waals surface area contributed by atoms with E-state index in [9.17, 15) is 4.79 Å². The number of amides is 1. The summed E-state index contributed by atoms with van der Waals surface area (Å²) in [6, 6.07) is 24.5. The van der Waals surface area contributed by atoms with Gasteiger partial charge in [0.25, 0.3) is 5.91 Å². The molecule has 4 aromatic carbocycles. The summed E-state index contributed by atoms with van der Waals surface area (Å²) < 4.78 is 12.1. The van der Waals surface area contributed by atoms with E-state index >= 15 is 0 Å². The summed E-state index contributed by atoms with van der Waals surface area (Å²) in [5, 5.41) is 13.1. The van der Waals surface area contributed by atoms with Crippen LogP contribution in [0.2, 0.25) is 10.0 Å². The fraction of sp³-hybridized carbons (Fsp3) is 0.0968. The number of aromatic nitrogens is 1. The molecule has 0 bridgehead atoms. The Labute approximate surface area is 247 Å². The molecular weight excluding hydrogens is 563 g/mol. The van der Waals surface area contributed by atoms with Gasteiger partial charge in [-0.1, -0.05) is 53.5 Å². The van der Waals surface area contributed by atoms with Gasteiger partial charge in [-0.15, -0.1) is 0 Å². The number of rotatable bonds is 7. The fourth-order valence-electron chi connectivity index (χ4n) is 3.74. The first-order valence-electron chi connectivity index (χ1n) is 12.6. The second-order valence-electron chi connectivity index (χ2n) is 8.80. The lowest BCUT2D eigenvalue weighted by atomic mass is 10.1. The minimum Gasteiger partial charge on any atom is -0.508 e. The van der Waals surface area contributed by atoms with Gasteiger partial charge >= 0.3 is 0 Å². The Morgan fingerprint density at radius 3 is 2.27 bits per heavy atom. The molecule has 0 saturated heterocycles. The molecular formula is C31H28Cl2N4O4. The van der Waals surface area contributed by atoms with Gasteiger partial charge in [-0.25, -0.2) is 0 Å². The Bertz CT molecular complexity index is 1670. The van der Waals surface area contributed by atoms with Crippen molar-refractivity contribution in [1.29, 1.82) is 0 Å². The number of ether oxygens (including phenoxy) is 2. The smallest absolute Gasteiger partial charge is 0.255 e. The summed E-state index contributed by atoms with van der Waals surface area (Å²) in [7, 11) is 0. The lowest BCUT2D eigenvalue weighted by Crippen LogP contribution is -2.23. The summed E-state index contributed by atoms with van der Waals surface area (Å²) in [5.74, 6) is 1.42. The number of halogens is 2. The highest BCUT2D eigenvalue weighted by Gasteiger charge is 2.17. The number of hydrogen-bond donors (Lipinski definition) is 4. The van der Waals surface area contributed by atoms with Crippen LogP contribution >= 0.6 is 23.2 Å². The van der Waals surface area contributed by atoms with Crippen molar-refractivity contribution in [1.82, 2.24) is 10.3 Å². The normalized spacial score (nSPS) is 10.4. The van der Waals surface area contributed by atoms with Crippen LogP contribution < -0.4 is 26.3 Å². The van der Waals surface area contributed by atoms with E-state index in [1.807, 2.05) is 37.3 Å². The van der Waals surface area contributed by atoms with Crippen molar-refractivity contribution in [2.75, 3.05) is 18.0 Å². The molecule has 5 rings (SSSR count). The molecule has 0 atom stereocenters. The molecule has 1 amide bonds. The Morgan fingerprint density at radius 1 is 0.902 bits per heavy atom. The molecule has 210 valence electrons. The third kappa shape index (κ3) is 7.72. The van der Waals surface area contributed by atoms with E-state index in [0.29, 0.717) is 68.3 Å². The van der Waals surface area contributed by atoms with Crippen LogP contribution in [0, 0.1) is 0 Å². The van der Waals surface area contributed by atoms with Crippen LogP contribution in [0.4, 0.5) is 11.4 Å². The van der Waals surface area contributed by atoms with E-state index in [1.54, 1.807) is 48.7 Å². The fourth-order valence-corrected chi connectivity index (χ4v) is 4.08. The van der Waals surface area contributed by atoms with Gasteiger partial charge in [-0.05, 0) is 48.9 Å². The highest BCUT2D eigenvalue weighted by atomic mass is 35.5. The van der Waals surface area contributed by atoms with E-state index in [4.69, 9.17) is 49.2 Å². The van der Waals surface area contributed by atoms with Gasteiger partial charge in [0.2, 0.25) is 0 Å². The number of nitrogens with one attached hydrogen (secondary N) is 1. The van der Waals surface area contributed by atoms with Crippen molar-refractivity contribution in [3.63, 3.8) is 0 Å². The number of carbonyl (C=O) groups is 1. The van der Waals surface area contributed by atoms with Crippen molar-refractivity contribution in [3.05, 3.63) is 112 Å². The number of anilines is 2. The summed E-state index contributed by atoms with van der Waals surface area (Å²) in [6.07, 6.45) is 1.64. The molecule has 10 heteroatoms. The zero-order valence-corrected chi connectivity index (χ0v) is 23.6. The van der Waals surface area contributed by atoms with Crippen molar-refractivity contribution in [2.24, 2.45) is 0 Å². The maximum Gasteiger partial charge on any atom is 0.255 e. The molecule has 8 nitrogen and oxygen atoms in total. The first kappa shape index (κ1) is 29.3. The maximum absolute atomic E-state index is 12.8. The van der Waals surface area contributed by atoms with Gasteiger partial charge in [0, 0.05) is 36.3 Å². The molecule has 0 spiro atoms. The van der Waals surface area contributed by atoms with Gasteiger partial charge in [0.15, 0.2) is 0 Å². The Kier molecular flexibility index (Phi) is 9.73.